The standard InChI is InChI=1S/C22H18N2O2/c1-13-6-5-7-14(2)20(13)24-22(25)18-12-17-16-9-4-3-8-15(16)10-11-19(17)26-21(18)23/h3-12,23H,1-2H3,(H,24,25). The Morgan fingerprint density at radius 1 is 0.923 bits per heavy atom. The van der Waals surface area contributed by atoms with Crippen molar-refractivity contribution in [3.05, 3.63) is 82.9 Å². The van der Waals surface area contributed by atoms with Crippen molar-refractivity contribution >= 4 is 33.3 Å². The zero-order valence-electron chi connectivity index (χ0n) is 14.6. The van der Waals surface area contributed by atoms with Crippen LogP contribution >= 0.6 is 0 Å². The Hall–Kier alpha value is -3.40. The van der Waals surface area contributed by atoms with Gasteiger partial charge in [0, 0.05) is 11.1 Å². The summed E-state index contributed by atoms with van der Waals surface area (Å²) in [7, 11) is 0. The number of aryl methyl sites for hydroxylation is 2. The molecular formula is C22H18N2O2. The van der Waals surface area contributed by atoms with Crippen molar-refractivity contribution in [2.24, 2.45) is 0 Å². The fourth-order valence-electron chi connectivity index (χ4n) is 3.25. The monoisotopic (exact) mass is 342 g/mol. The van der Waals surface area contributed by atoms with Gasteiger partial charge in [0.05, 0.1) is 0 Å². The van der Waals surface area contributed by atoms with Gasteiger partial charge >= 0.3 is 0 Å². The highest BCUT2D eigenvalue weighted by atomic mass is 16.3. The topological polar surface area (TPSA) is 66.1 Å². The number of nitrogens with one attached hydrogen (secondary N) is 2. The smallest absolute Gasteiger partial charge is 0.261 e. The van der Waals surface area contributed by atoms with E-state index in [0.29, 0.717) is 5.58 Å². The number of hydrogen-bond acceptors (Lipinski definition) is 3. The molecule has 1 aromatic heterocycles. The summed E-state index contributed by atoms with van der Waals surface area (Å²) < 4.78 is 5.63. The minimum Gasteiger partial charge on any atom is -0.438 e. The molecule has 0 aliphatic heterocycles. The summed E-state index contributed by atoms with van der Waals surface area (Å²) in [4.78, 5) is 12.8. The quantitative estimate of drug-likeness (QED) is 0.507. The van der Waals surface area contributed by atoms with Crippen molar-refractivity contribution in [1.82, 2.24) is 0 Å². The summed E-state index contributed by atoms with van der Waals surface area (Å²) >= 11 is 0. The molecule has 0 aliphatic rings. The minimum atomic E-state index is -0.342. The molecule has 0 atom stereocenters. The molecular weight excluding hydrogens is 324 g/mol. The Morgan fingerprint density at radius 3 is 2.42 bits per heavy atom. The molecule has 128 valence electrons. The van der Waals surface area contributed by atoms with Gasteiger partial charge in [-0.25, -0.2) is 0 Å². The Kier molecular flexibility index (Phi) is 3.81. The number of para-hydroxylation sites is 1. The third-order valence-corrected chi connectivity index (χ3v) is 4.64. The Labute approximate surface area is 150 Å². The van der Waals surface area contributed by atoms with Crippen molar-refractivity contribution < 1.29 is 9.21 Å². The van der Waals surface area contributed by atoms with Crippen LogP contribution < -0.4 is 10.9 Å². The van der Waals surface area contributed by atoms with E-state index in [1.807, 2.05) is 68.4 Å². The highest BCUT2D eigenvalue weighted by molar-refractivity contribution is 6.10. The number of hydrogen-bond donors (Lipinski definition) is 2. The summed E-state index contributed by atoms with van der Waals surface area (Å²) in [6.45, 7) is 3.89. The van der Waals surface area contributed by atoms with E-state index in [-0.39, 0.29) is 17.0 Å². The predicted octanol–water partition coefficient (Wildman–Crippen LogP) is 4.93. The van der Waals surface area contributed by atoms with Crippen molar-refractivity contribution in [3.63, 3.8) is 0 Å². The van der Waals surface area contributed by atoms with Gasteiger partial charge in [0.1, 0.15) is 11.1 Å². The van der Waals surface area contributed by atoms with Gasteiger partial charge in [0.2, 0.25) is 5.55 Å². The van der Waals surface area contributed by atoms with Gasteiger partial charge in [0.15, 0.2) is 0 Å². The van der Waals surface area contributed by atoms with E-state index in [0.717, 1.165) is 33.0 Å². The summed E-state index contributed by atoms with van der Waals surface area (Å²) in [5, 5.41) is 14.0. The molecule has 0 saturated heterocycles. The SMILES string of the molecule is Cc1cccc(C)c1NC(=O)c1cc2c(ccc3ccccc32)oc1=N. The molecule has 4 nitrogen and oxygen atoms in total. The molecule has 0 aliphatic carbocycles. The van der Waals surface area contributed by atoms with E-state index in [9.17, 15) is 4.79 Å². The number of carbonyl (C=O) groups excluding carboxylic acids is 1. The number of carbonyl (C=O) groups is 1. The first-order chi connectivity index (χ1) is 12.5. The van der Waals surface area contributed by atoms with Gasteiger partial charge < -0.3 is 9.73 Å². The normalized spacial score (nSPS) is 11.0. The number of amides is 1. The molecule has 0 fully saturated rings. The average molecular weight is 342 g/mol. The van der Waals surface area contributed by atoms with Crippen LogP contribution in [0.5, 0.6) is 0 Å². The first-order valence-corrected chi connectivity index (χ1v) is 8.42. The minimum absolute atomic E-state index is 0.142. The molecule has 2 N–H and O–H groups in total. The summed E-state index contributed by atoms with van der Waals surface area (Å²) in [5.74, 6) is -0.342. The Morgan fingerprint density at radius 2 is 1.65 bits per heavy atom. The third kappa shape index (κ3) is 2.65. The molecule has 1 amide bonds. The molecule has 0 unspecified atom stereocenters. The van der Waals surface area contributed by atoms with Gasteiger partial charge in [-0.1, -0.05) is 48.5 Å². The van der Waals surface area contributed by atoms with Gasteiger partial charge in [-0.05, 0) is 47.9 Å². The molecule has 1 heterocycles. The van der Waals surface area contributed by atoms with Crippen LogP contribution in [0, 0.1) is 19.3 Å². The zero-order valence-corrected chi connectivity index (χ0v) is 14.6. The van der Waals surface area contributed by atoms with Gasteiger partial charge in [-0.15, -0.1) is 0 Å². The van der Waals surface area contributed by atoms with E-state index in [2.05, 4.69) is 5.32 Å². The van der Waals surface area contributed by atoms with Crippen LogP contribution in [0.25, 0.3) is 21.7 Å². The lowest BCUT2D eigenvalue weighted by Crippen LogP contribution is -2.21. The molecule has 4 aromatic rings. The van der Waals surface area contributed by atoms with E-state index >= 15 is 0 Å². The first-order valence-electron chi connectivity index (χ1n) is 8.42. The fraction of sp³-hybridized carbons (Fsp3) is 0.0909. The molecule has 0 bridgehead atoms. The number of anilines is 1. The maximum absolute atomic E-state index is 12.8. The van der Waals surface area contributed by atoms with Crippen LogP contribution in [0.2, 0.25) is 0 Å². The maximum atomic E-state index is 12.8. The zero-order chi connectivity index (χ0) is 18.3. The fourth-order valence-corrected chi connectivity index (χ4v) is 3.25. The van der Waals surface area contributed by atoms with Crippen LogP contribution in [0.4, 0.5) is 5.69 Å². The summed E-state index contributed by atoms with van der Waals surface area (Å²) in [6.07, 6.45) is 0. The van der Waals surface area contributed by atoms with Crippen LogP contribution in [0.3, 0.4) is 0 Å². The second kappa shape index (κ2) is 6.15. The van der Waals surface area contributed by atoms with Crippen molar-refractivity contribution in [3.8, 4) is 0 Å². The van der Waals surface area contributed by atoms with Crippen LogP contribution in [0.15, 0.2) is 65.1 Å². The maximum Gasteiger partial charge on any atom is 0.261 e. The van der Waals surface area contributed by atoms with E-state index in [1.165, 1.54) is 0 Å². The Bertz CT molecular complexity index is 1200. The van der Waals surface area contributed by atoms with E-state index < -0.39 is 0 Å². The Balaban J connectivity index is 1.85. The average Bonchev–Trinajstić information content (AvgIpc) is 2.64. The lowest BCUT2D eigenvalue weighted by atomic mass is 10.0. The van der Waals surface area contributed by atoms with Crippen molar-refractivity contribution in [2.45, 2.75) is 13.8 Å². The van der Waals surface area contributed by atoms with Gasteiger partial charge in [0.25, 0.3) is 5.91 Å². The molecule has 4 rings (SSSR count). The van der Waals surface area contributed by atoms with Crippen molar-refractivity contribution in [2.75, 3.05) is 5.32 Å². The summed E-state index contributed by atoms with van der Waals surface area (Å²) in [6, 6.07) is 19.3. The molecule has 0 saturated carbocycles. The van der Waals surface area contributed by atoms with Crippen LogP contribution in [0.1, 0.15) is 21.5 Å². The lowest BCUT2D eigenvalue weighted by Gasteiger charge is -2.12. The molecule has 0 radical (unpaired) electrons. The number of rotatable bonds is 2. The molecule has 3 aromatic carbocycles. The lowest BCUT2D eigenvalue weighted by molar-refractivity contribution is 0.102. The van der Waals surface area contributed by atoms with E-state index in [4.69, 9.17) is 9.83 Å². The third-order valence-electron chi connectivity index (χ3n) is 4.64. The highest BCUT2D eigenvalue weighted by Gasteiger charge is 2.15. The predicted molar refractivity (Wildman–Crippen MR) is 103 cm³/mol. The second-order valence-corrected chi connectivity index (χ2v) is 6.41. The summed E-state index contributed by atoms with van der Waals surface area (Å²) in [5.41, 5.74) is 3.40. The van der Waals surface area contributed by atoms with E-state index in [1.54, 1.807) is 6.07 Å². The van der Waals surface area contributed by atoms with Crippen LogP contribution in [-0.4, -0.2) is 5.91 Å². The van der Waals surface area contributed by atoms with Gasteiger partial charge in [-0.3, -0.25) is 10.2 Å². The molecule has 26 heavy (non-hydrogen) atoms. The number of fused-ring (bicyclic) bond motifs is 3. The molecule has 0 spiro atoms. The van der Waals surface area contributed by atoms with Crippen LogP contribution in [-0.2, 0) is 0 Å². The number of benzene rings is 3. The molecule has 4 heteroatoms. The second-order valence-electron chi connectivity index (χ2n) is 6.41. The van der Waals surface area contributed by atoms with Gasteiger partial charge in [-0.2, -0.15) is 0 Å². The largest absolute Gasteiger partial charge is 0.438 e. The highest BCUT2D eigenvalue weighted by Crippen LogP contribution is 2.25. The first kappa shape index (κ1) is 16.1. The van der Waals surface area contributed by atoms with Crippen molar-refractivity contribution in [1.29, 1.82) is 5.41 Å².